The van der Waals surface area contributed by atoms with E-state index >= 15 is 0 Å². The minimum absolute atomic E-state index is 0.360. The molecule has 0 radical (unpaired) electrons. The van der Waals surface area contributed by atoms with Crippen molar-refractivity contribution in [2.45, 2.75) is 32.6 Å². The van der Waals surface area contributed by atoms with E-state index in [0.29, 0.717) is 10.8 Å². The molecule has 0 aliphatic rings. The SMILES string of the molecule is Cc1ccc(-c2ccc(S(=O)ONc3onc(C)c3C)cc2C)cc1. The van der Waals surface area contributed by atoms with E-state index in [1.165, 1.54) is 5.56 Å². The highest BCUT2D eigenvalue weighted by molar-refractivity contribution is 7.80. The molecule has 0 saturated heterocycles. The number of benzene rings is 2. The lowest BCUT2D eigenvalue weighted by molar-refractivity contribution is 0.366. The van der Waals surface area contributed by atoms with Gasteiger partial charge in [0.05, 0.1) is 10.6 Å². The van der Waals surface area contributed by atoms with Crippen molar-refractivity contribution in [3.05, 3.63) is 64.8 Å². The van der Waals surface area contributed by atoms with Crippen molar-refractivity contribution in [1.82, 2.24) is 5.16 Å². The third kappa shape index (κ3) is 3.81. The summed E-state index contributed by atoms with van der Waals surface area (Å²) < 4.78 is 22.6. The average Bonchev–Trinajstić information content (AvgIpc) is 2.92. The van der Waals surface area contributed by atoms with Crippen molar-refractivity contribution in [2.75, 3.05) is 5.48 Å². The second-order valence-corrected chi connectivity index (χ2v) is 7.09. The molecule has 6 heteroatoms. The summed E-state index contributed by atoms with van der Waals surface area (Å²) in [5, 5.41) is 3.82. The number of aryl methyl sites for hydroxylation is 3. The van der Waals surface area contributed by atoms with Crippen LogP contribution in [0.3, 0.4) is 0 Å². The average molecular weight is 356 g/mol. The largest absolute Gasteiger partial charge is 0.336 e. The first kappa shape index (κ1) is 17.4. The summed E-state index contributed by atoms with van der Waals surface area (Å²) in [6, 6.07) is 14.0. The van der Waals surface area contributed by atoms with Gasteiger partial charge in [-0.3, -0.25) is 0 Å². The maximum Gasteiger partial charge on any atom is 0.252 e. The molecular weight excluding hydrogens is 336 g/mol. The van der Waals surface area contributed by atoms with Crippen LogP contribution in [0.1, 0.15) is 22.4 Å². The van der Waals surface area contributed by atoms with E-state index in [-0.39, 0.29) is 0 Å². The molecule has 5 nitrogen and oxygen atoms in total. The highest BCUT2D eigenvalue weighted by Gasteiger charge is 2.12. The second-order valence-electron chi connectivity index (χ2n) is 5.98. The molecule has 3 rings (SSSR count). The Morgan fingerprint density at radius 3 is 2.36 bits per heavy atom. The molecule has 0 bridgehead atoms. The van der Waals surface area contributed by atoms with Crippen LogP contribution < -0.4 is 5.48 Å². The fourth-order valence-corrected chi connectivity index (χ4v) is 3.13. The molecule has 1 heterocycles. The minimum atomic E-state index is -1.66. The molecule has 0 fully saturated rings. The predicted octanol–water partition coefficient (Wildman–Crippen LogP) is 4.64. The number of nitrogens with one attached hydrogen (secondary N) is 1. The number of anilines is 1. The van der Waals surface area contributed by atoms with Gasteiger partial charge in [-0.15, -0.1) is 0 Å². The molecule has 25 heavy (non-hydrogen) atoms. The van der Waals surface area contributed by atoms with Crippen molar-refractivity contribution < 1.29 is 13.0 Å². The molecule has 0 spiro atoms. The lowest BCUT2D eigenvalue weighted by atomic mass is 10.00. The monoisotopic (exact) mass is 356 g/mol. The molecule has 0 aliphatic heterocycles. The molecule has 1 N–H and O–H groups in total. The molecule has 3 aromatic rings. The summed E-state index contributed by atoms with van der Waals surface area (Å²) in [6.45, 7) is 7.73. The van der Waals surface area contributed by atoms with Crippen LogP contribution in [0.15, 0.2) is 51.9 Å². The van der Waals surface area contributed by atoms with E-state index in [2.05, 4.69) is 41.8 Å². The first-order valence-electron chi connectivity index (χ1n) is 7.91. The van der Waals surface area contributed by atoms with Crippen molar-refractivity contribution in [3.63, 3.8) is 0 Å². The fraction of sp³-hybridized carbons (Fsp3) is 0.211. The maximum absolute atomic E-state index is 12.3. The van der Waals surface area contributed by atoms with Crippen LogP contribution in [0.2, 0.25) is 0 Å². The third-order valence-electron chi connectivity index (χ3n) is 4.12. The van der Waals surface area contributed by atoms with Gasteiger partial charge in [0.2, 0.25) is 11.1 Å². The number of nitrogens with zero attached hydrogens (tertiary/aromatic N) is 1. The minimum Gasteiger partial charge on any atom is -0.336 e. The number of aromatic nitrogens is 1. The summed E-state index contributed by atoms with van der Waals surface area (Å²) in [7, 11) is 0. The highest BCUT2D eigenvalue weighted by Crippen LogP contribution is 2.26. The maximum atomic E-state index is 12.3. The molecule has 1 aromatic heterocycles. The van der Waals surface area contributed by atoms with Crippen LogP contribution in [0.5, 0.6) is 0 Å². The molecule has 0 saturated carbocycles. The zero-order valence-electron chi connectivity index (χ0n) is 14.6. The smallest absolute Gasteiger partial charge is 0.252 e. The first-order valence-corrected chi connectivity index (χ1v) is 8.99. The van der Waals surface area contributed by atoms with E-state index in [1.54, 1.807) is 6.07 Å². The molecule has 1 unspecified atom stereocenters. The number of hydrogen-bond donors (Lipinski definition) is 1. The van der Waals surface area contributed by atoms with E-state index in [1.807, 2.05) is 32.9 Å². The van der Waals surface area contributed by atoms with Gasteiger partial charge in [-0.05, 0) is 56.5 Å². The molecule has 1 atom stereocenters. The Labute approximate surface area is 149 Å². The second kappa shape index (κ2) is 7.21. The Morgan fingerprint density at radius 1 is 1.04 bits per heavy atom. The molecular formula is C19H20N2O3S. The normalized spacial score (nSPS) is 12.2. The van der Waals surface area contributed by atoms with Gasteiger partial charge in [0.15, 0.2) is 0 Å². The van der Waals surface area contributed by atoms with Crippen molar-refractivity contribution >= 4 is 17.0 Å². The first-order chi connectivity index (χ1) is 12.0. The van der Waals surface area contributed by atoms with Gasteiger partial charge >= 0.3 is 0 Å². The molecule has 2 aromatic carbocycles. The van der Waals surface area contributed by atoms with E-state index in [9.17, 15) is 4.21 Å². The van der Waals surface area contributed by atoms with Crippen LogP contribution in [-0.2, 0) is 15.4 Å². The number of hydrogen-bond acceptors (Lipinski definition) is 5. The van der Waals surface area contributed by atoms with Gasteiger partial charge in [-0.2, -0.15) is 4.28 Å². The van der Waals surface area contributed by atoms with Crippen LogP contribution in [0.25, 0.3) is 11.1 Å². The summed E-state index contributed by atoms with van der Waals surface area (Å²) in [6.07, 6.45) is 0. The predicted molar refractivity (Wildman–Crippen MR) is 98.4 cm³/mol. The van der Waals surface area contributed by atoms with E-state index in [4.69, 9.17) is 8.81 Å². The van der Waals surface area contributed by atoms with Crippen LogP contribution >= 0.6 is 0 Å². The van der Waals surface area contributed by atoms with Crippen LogP contribution in [0, 0.1) is 27.7 Å². The lowest BCUT2D eigenvalue weighted by Gasteiger charge is -2.09. The summed E-state index contributed by atoms with van der Waals surface area (Å²) in [4.78, 5) is 0.578. The van der Waals surface area contributed by atoms with E-state index < -0.39 is 11.1 Å². The lowest BCUT2D eigenvalue weighted by Crippen LogP contribution is -2.06. The Kier molecular flexibility index (Phi) is 5.01. The Morgan fingerprint density at radius 2 is 1.76 bits per heavy atom. The summed E-state index contributed by atoms with van der Waals surface area (Å²) in [5.41, 5.74) is 8.65. The van der Waals surface area contributed by atoms with Gasteiger partial charge in [-0.25, -0.2) is 9.69 Å². The molecule has 0 aliphatic carbocycles. The Bertz CT molecular complexity index is 917. The van der Waals surface area contributed by atoms with Gasteiger partial charge < -0.3 is 4.52 Å². The van der Waals surface area contributed by atoms with Crippen LogP contribution in [0.4, 0.5) is 5.88 Å². The van der Waals surface area contributed by atoms with Crippen molar-refractivity contribution in [1.29, 1.82) is 0 Å². The van der Waals surface area contributed by atoms with Crippen LogP contribution in [-0.4, -0.2) is 9.37 Å². The zero-order chi connectivity index (χ0) is 18.0. The molecule has 0 amide bonds. The van der Waals surface area contributed by atoms with E-state index in [0.717, 1.165) is 27.9 Å². The Balaban J connectivity index is 1.74. The van der Waals surface area contributed by atoms with Gasteiger partial charge in [0, 0.05) is 5.56 Å². The Hall–Kier alpha value is -2.44. The summed E-state index contributed by atoms with van der Waals surface area (Å²) >= 11 is -1.66. The zero-order valence-corrected chi connectivity index (χ0v) is 15.4. The van der Waals surface area contributed by atoms with Gasteiger partial charge in [-0.1, -0.05) is 41.1 Å². The van der Waals surface area contributed by atoms with Gasteiger partial charge in [0.1, 0.15) is 0 Å². The highest BCUT2D eigenvalue weighted by atomic mass is 32.2. The van der Waals surface area contributed by atoms with Crippen molar-refractivity contribution in [2.24, 2.45) is 0 Å². The standard InChI is InChI=1S/C19H20N2O3S/c1-12-5-7-16(8-6-12)18-10-9-17(11-13(18)2)25(22)24-21-19-14(3)15(4)20-23-19/h5-11,21H,1-4H3. The number of rotatable bonds is 5. The van der Waals surface area contributed by atoms with Crippen molar-refractivity contribution in [3.8, 4) is 11.1 Å². The topological polar surface area (TPSA) is 64.4 Å². The summed E-state index contributed by atoms with van der Waals surface area (Å²) in [5.74, 6) is 0.360. The van der Waals surface area contributed by atoms with Gasteiger partial charge in [0.25, 0.3) is 5.88 Å². The molecule has 130 valence electrons. The third-order valence-corrected chi connectivity index (χ3v) is 4.99. The fourth-order valence-electron chi connectivity index (χ4n) is 2.43. The quantitative estimate of drug-likeness (QED) is 0.675.